The van der Waals surface area contributed by atoms with Gasteiger partial charge in [0.15, 0.2) is 0 Å². The third-order valence-corrected chi connectivity index (χ3v) is 3.28. The molecule has 0 bridgehead atoms. The van der Waals surface area contributed by atoms with Gasteiger partial charge in [-0.2, -0.15) is 0 Å². The largest absolute Gasteiger partial charge is 0.355 e. The summed E-state index contributed by atoms with van der Waals surface area (Å²) in [6.45, 7) is 3.29. The summed E-state index contributed by atoms with van der Waals surface area (Å²) in [6, 6.07) is -0.353. The van der Waals surface area contributed by atoms with Gasteiger partial charge < -0.3 is 15.8 Å². The van der Waals surface area contributed by atoms with Crippen molar-refractivity contribution in [3.63, 3.8) is 0 Å². The Bertz CT molecular complexity index is 253. The molecule has 0 aromatic carbocycles. The zero-order chi connectivity index (χ0) is 13.2. The molecule has 1 rings (SSSR count). The molecule has 0 spiro atoms. The Morgan fingerprint density at radius 2 is 2.00 bits per heavy atom. The van der Waals surface area contributed by atoms with Crippen LogP contribution in [0.5, 0.6) is 0 Å². The van der Waals surface area contributed by atoms with Crippen LogP contribution in [0.25, 0.3) is 0 Å². The van der Waals surface area contributed by atoms with Crippen molar-refractivity contribution in [2.24, 2.45) is 5.73 Å². The van der Waals surface area contributed by atoms with E-state index in [0.717, 1.165) is 32.2 Å². The number of hydrogen-bond donors (Lipinski definition) is 2. The molecule has 5 heteroatoms. The fraction of sp³-hybridized carbons (Fsp3) is 0.846. The predicted octanol–water partition coefficient (Wildman–Crippen LogP) is 0.285. The highest BCUT2D eigenvalue weighted by atomic mass is 16.2. The number of carbonyl (C=O) groups excluding carboxylic acids is 2. The van der Waals surface area contributed by atoms with Crippen LogP contribution >= 0.6 is 0 Å². The number of hydrogen-bond acceptors (Lipinski definition) is 4. The molecule has 3 N–H and O–H groups in total. The van der Waals surface area contributed by atoms with Crippen molar-refractivity contribution in [3.8, 4) is 0 Å². The minimum atomic E-state index is -0.353. The number of aldehydes is 1. The third kappa shape index (κ3) is 6.71. The molecule has 1 saturated heterocycles. The van der Waals surface area contributed by atoms with Crippen molar-refractivity contribution >= 4 is 12.2 Å². The molecule has 0 aliphatic carbocycles. The van der Waals surface area contributed by atoms with Gasteiger partial charge in [-0.05, 0) is 45.2 Å². The van der Waals surface area contributed by atoms with E-state index in [0.29, 0.717) is 19.5 Å². The second-order valence-corrected chi connectivity index (χ2v) is 4.98. The molecule has 1 heterocycles. The summed E-state index contributed by atoms with van der Waals surface area (Å²) < 4.78 is 0. The molecule has 0 radical (unpaired) electrons. The van der Waals surface area contributed by atoms with Crippen molar-refractivity contribution in [1.82, 2.24) is 10.2 Å². The van der Waals surface area contributed by atoms with E-state index in [1.807, 2.05) is 0 Å². The molecule has 1 amide bonds. The van der Waals surface area contributed by atoms with Gasteiger partial charge in [-0.15, -0.1) is 0 Å². The van der Waals surface area contributed by atoms with Crippen molar-refractivity contribution < 1.29 is 9.59 Å². The average Bonchev–Trinajstić information content (AvgIpc) is 2.39. The van der Waals surface area contributed by atoms with Gasteiger partial charge in [0.05, 0.1) is 12.6 Å². The van der Waals surface area contributed by atoms with Gasteiger partial charge in [-0.25, -0.2) is 0 Å². The first-order valence-electron chi connectivity index (χ1n) is 6.92. The number of amides is 1. The fourth-order valence-electron chi connectivity index (χ4n) is 2.18. The molecule has 0 unspecified atom stereocenters. The van der Waals surface area contributed by atoms with Gasteiger partial charge in [-0.1, -0.05) is 6.42 Å². The Balaban J connectivity index is 1.97. The molecule has 104 valence electrons. The van der Waals surface area contributed by atoms with Crippen molar-refractivity contribution in [2.45, 2.75) is 44.6 Å². The molecule has 0 saturated carbocycles. The van der Waals surface area contributed by atoms with Crippen LogP contribution in [-0.4, -0.2) is 49.3 Å². The van der Waals surface area contributed by atoms with Crippen LogP contribution in [0, 0.1) is 0 Å². The Morgan fingerprint density at radius 3 is 2.67 bits per heavy atom. The summed E-state index contributed by atoms with van der Waals surface area (Å²) >= 11 is 0. The third-order valence-electron chi connectivity index (χ3n) is 3.28. The predicted molar refractivity (Wildman–Crippen MR) is 71.2 cm³/mol. The van der Waals surface area contributed by atoms with Gasteiger partial charge in [0, 0.05) is 6.54 Å². The van der Waals surface area contributed by atoms with Crippen molar-refractivity contribution in [2.75, 3.05) is 26.2 Å². The summed E-state index contributed by atoms with van der Waals surface area (Å²) in [5.74, 6) is 0.108. The van der Waals surface area contributed by atoms with Crippen molar-refractivity contribution in [3.05, 3.63) is 0 Å². The number of likely N-dealkylation sites (tertiary alicyclic amines) is 1. The minimum Gasteiger partial charge on any atom is -0.355 e. The van der Waals surface area contributed by atoms with E-state index in [9.17, 15) is 9.59 Å². The quantitative estimate of drug-likeness (QED) is 0.483. The van der Waals surface area contributed by atoms with Crippen LogP contribution in [0.15, 0.2) is 0 Å². The van der Waals surface area contributed by atoms with E-state index in [2.05, 4.69) is 10.2 Å². The molecular formula is C13H25N3O2. The zero-order valence-corrected chi connectivity index (χ0v) is 11.1. The molecule has 5 nitrogen and oxygen atoms in total. The number of nitrogens with one attached hydrogen (secondary N) is 1. The van der Waals surface area contributed by atoms with Crippen LogP contribution in [0.3, 0.4) is 0 Å². The number of nitrogens with zero attached hydrogens (tertiary/aromatic N) is 1. The molecule has 1 fully saturated rings. The maximum atomic E-state index is 11.6. The van der Waals surface area contributed by atoms with E-state index in [4.69, 9.17) is 5.73 Å². The fourth-order valence-corrected chi connectivity index (χ4v) is 2.18. The van der Waals surface area contributed by atoms with Gasteiger partial charge >= 0.3 is 0 Å². The SMILES string of the molecule is N[C@H](C=O)CCCCNC(=O)CN1CCCCC1. The minimum absolute atomic E-state index is 0.108. The van der Waals surface area contributed by atoms with Crippen LogP contribution in [0.1, 0.15) is 38.5 Å². The molecule has 1 atom stereocenters. The number of piperidine rings is 1. The molecule has 1 aliphatic heterocycles. The van der Waals surface area contributed by atoms with Gasteiger partial charge in [0.2, 0.25) is 5.91 Å². The van der Waals surface area contributed by atoms with Gasteiger partial charge in [0.1, 0.15) is 6.29 Å². The van der Waals surface area contributed by atoms with Crippen LogP contribution in [0.2, 0.25) is 0 Å². The summed E-state index contributed by atoms with van der Waals surface area (Å²) in [7, 11) is 0. The topological polar surface area (TPSA) is 75.4 Å². The number of carbonyl (C=O) groups is 2. The Labute approximate surface area is 109 Å². The highest BCUT2D eigenvalue weighted by Crippen LogP contribution is 2.07. The Morgan fingerprint density at radius 1 is 1.28 bits per heavy atom. The first-order valence-corrected chi connectivity index (χ1v) is 6.92. The molecule has 0 aromatic heterocycles. The smallest absolute Gasteiger partial charge is 0.234 e. The number of nitrogens with two attached hydrogens (primary N) is 1. The summed E-state index contributed by atoms with van der Waals surface area (Å²) in [5.41, 5.74) is 5.48. The van der Waals surface area contributed by atoms with Crippen LogP contribution in [0.4, 0.5) is 0 Å². The average molecular weight is 255 g/mol. The highest BCUT2D eigenvalue weighted by molar-refractivity contribution is 5.77. The lowest BCUT2D eigenvalue weighted by Gasteiger charge is -2.25. The monoisotopic (exact) mass is 255 g/mol. The molecule has 0 aromatic rings. The normalized spacial score (nSPS) is 18.3. The summed E-state index contributed by atoms with van der Waals surface area (Å²) in [4.78, 5) is 24.1. The van der Waals surface area contributed by atoms with Gasteiger partial charge in [0.25, 0.3) is 0 Å². The number of unbranched alkanes of at least 4 members (excludes halogenated alkanes) is 1. The summed E-state index contributed by atoms with van der Waals surface area (Å²) in [6.07, 6.45) is 6.93. The Hall–Kier alpha value is -0.940. The van der Waals surface area contributed by atoms with Crippen LogP contribution < -0.4 is 11.1 Å². The lowest BCUT2D eigenvalue weighted by atomic mass is 10.1. The maximum absolute atomic E-state index is 11.6. The molecular weight excluding hydrogens is 230 g/mol. The second kappa shape index (κ2) is 9.05. The van der Waals surface area contributed by atoms with Gasteiger partial charge in [-0.3, -0.25) is 9.69 Å². The standard InChI is InChI=1S/C13H25N3O2/c14-12(11-17)6-2-3-7-15-13(18)10-16-8-4-1-5-9-16/h11-12H,1-10,14H2,(H,15,18)/t12-/m0/s1. The number of rotatable bonds is 8. The second-order valence-electron chi connectivity index (χ2n) is 4.98. The van der Waals surface area contributed by atoms with E-state index in [1.54, 1.807) is 0 Å². The summed E-state index contributed by atoms with van der Waals surface area (Å²) in [5, 5.41) is 2.91. The Kier molecular flexibility index (Phi) is 7.60. The maximum Gasteiger partial charge on any atom is 0.234 e. The van der Waals surface area contributed by atoms with Crippen LogP contribution in [-0.2, 0) is 9.59 Å². The van der Waals surface area contributed by atoms with E-state index >= 15 is 0 Å². The first-order chi connectivity index (χ1) is 8.72. The molecule has 18 heavy (non-hydrogen) atoms. The first kappa shape index (κ1) is 15.1. The van der Waals surface area contributed by atoms with E-state index in [1.165, 1.54) is 19.3 Å². The lowest BCUT2D eigenvalue weighted by Crippen LogP contribution is -2.40. The highest BCUT2D eigenvalue weighted by Gasteiger charge is 2.13. The van der Waals surface area contributed by atoms with E-state index in [-0.39, 0.29) is 11.9 Å². The zero-order valence-electron chi connectivity index (χ0n) is 11.1. The van der Waals surface area contributed by atoms with Crippen molar-refractivity contribution in [1.29, 1.82) is 0 Å². The van der Waals surface area contributed by atoms with E-state index < -0.39 is 0 Å². The lowest BCUT2D eigenvalue weighted by molar-refractivity contribution is -0.122. The molecule has 1 aliphatic rings.